The number of hydrogen-bond donors (Lipinski definition) is 0. The fraction of sp³-hybridized carbons (Fsp3) is 0.154. The van der Waals surface area contributed by atoms with Gasteiger partial charge in [-0.2, -0.15) is 0 Å². The summed E-state index contributed by atoms with van der Waals surface area (Å²) in [6.45, 7) is 0.820. The van der Waals surface area contributed by atoms with Crippen LogP contribution in [0.5, 0.6) is 17.2 Å². The fourth-order valence-corrected chi connectivity index (χ4v) is 5.15. The van der Waals surface area contributed by atoms with E-state index in [0.29, 0.717) is 56.4 Å². The van der Waals surface area contributed by atoms with Crippen LogP contribution in [0.25, 0.3) is 22.1 Å². The number of hydrogen-bond acceptors (Lipinski definition) is 6. The molecule has 178 valence electrons. The van der Waals surface area contributed by atoms with Crippen LogP contribution in [0, 0.1) is 0 Å². The first-order valence-electron chi connectivity index (χ1n) is 10.8. The summed E-state index contributed by atoms with van der Waals surface area (Å²) in [5.41, 5.74) is 2.20. The first-order valence-corrected chi connectivity index (χ1v) is 12.4. The van der Waals surface area contributed by atoms with E-state index >= 15 is 0 Å². The molecule has 0 spiro atoms. The summed E-state index contributed by atoms with van der Waals surface area (Å²) >= 11 is 14.0. The van der Waals surface area contributed by atoms with Gasteiger partial charge in [0.15, 0.2) is 16.5 Å². The van der Waals surface area contributed by atoms with Gasteiger partial charge in [-0.05, 0) is 48.0 Å². The summed E-state index contributed by atoms with van der Waals surface area (Å²) in [4.78, 5) is 18.2. The summed E-state index contributed by atoms with van der Waals surface area (Å²) in [5.74, 6) is 1.56. The van der Waals surface area contributed by atoms with Crippen molar-refractivity contribution in [1.29, 1.82) is 0 Å². The Hall–Kier alpha value is -3.26. The number of imidazole rings is 1. The van der Waals surface area contributed by atoms with E-state index < -0.39 is 0 Å². The molecular weight excluding hydrogens is 507 g/mol. The zero-order valence-corrected chi connectivity index (χ0v) is 21.0. The van der Waals surface area contributed by atoms with Crippen molar-refractivity contribution in [2.45, 2.75) is 6.42 Å². The Kier molecular flexibility index (Phi) is 6.81. The maximum atomic E-state index is 13.0. The molecule has 0 radical (unpaired) electrons. The van der Waals surface area contributed by atoms with Gasteiger partial charge in [0, 0.05) is 6.42 Å². The van der Waals surface area contributed by atoms with Gasteiger partial charge >= 0.3 is 0 Å². The number of benzene rings is 3. The van der Waals surface area contributed by atoms with Crippen molar-refractivity contribution in [3.8, 4) is 17.2 Å². The average molecular weight is 527 g/mol. The van der Waals surface area contributed by atoms with Gasteiger partial charge in [-0.25, -0.2) is 9.38 Å². The average Bonchev–Trinajstić information content (AvgIpc) is 3.36. The molecule has 0 saturated heterocycles. The van der Waals surface area contributed by atoms with Crippen LogP contribution in [-0.2, 0) is 0 Å². The predicted molar refractivity (Wildman–Crippen MR) is 141 cm³/mol. The maximum Gasteiger partial charge on any atom is 0.274 e. The van der Waals surface area contributed by atoms with E-state index in [2.05, 4.69) is 4.98 Å². The van der Waals surface area contributed by atoms with Crippen LogP contribution in [0.3, 0.4) is 0 Å². The highest BCUT2D eigenvalue weighted by Gasteiger charge is 2.14. The molecule has 35 heavy (non-hydrogen) atoms. The van der Waals surface area contributed by atoms with Crippen molar-refractivity contribution in [2.75, 3.05) is 20.3 Å². The van der Waals surface area contributed by atoms with Crippen molar-refractivity contribution in [1.82, 2.24) is 9.38 Å². The second kappa shape index (κ2) is 10.2. The van der Waals surface area contributed by atoms with E-state index in [1.54, 1.807) is 35.8 Å². The lowest BCUT2D eigenvalue weighted by atomic mass is 10.2. The topological polar surface area (TPSA) is 62.1 Å². The maximum absolute atomic E-state index is 13.0. The Morgan fingerprint density at radius 2 is 1.74 bits per heavy atom. The van der Waals surface area contributed by atoms with Crippen molar-refractivity contribution in [2.24, 2.45) is 0 Å². The molecule has 5 aromatic rings. The second-order valence-electron chi connectivity index (χ2n) is 7.65. The molecule has 0 saturated carbocycles. The molecule has 0 N–H and O–H groups in total. The summed E-state index contributed by atoms with van der Waals surface area (Å²) < 4.78 is 19.3. The second-order valence-corrected chi connectivity index (χ2v) is 9.47. The van der Waals surface area contributed by atoms with Crippen molar-refractivity contribution < 1.29 is 14.2 Å². The quantitative estimate of drug-likeness (QED) is 0.245. The molecule has 2 heterocycles. The van der Waals surface area contributed by atoms with Crippen LogP contribution >= 0.6 is 34.5 Å². The zero-order chi connectivity index (χ0) is 24.4. The molecular formula is C26H20Cl2N2O4S. The largest absolute Gasteiger partial charge is 0.493 e. The fourth-order valence-electron chi connectivity index (χ4n) is 3.70. The smallest absolute Gasteiger partial charge is 0.274 e. The van der Waals surface area contributed by atoms with Crippen LogP contribution in [0.2, 0.25) is 10.0 Å². The Balaban J connectivity index is 1.33. The van der Waals surface area contributed by atoms with Crippen LogP contribution in [0.4, 0.5) is 0 Å². The molecule has 0 fully saturated rings. The molecule has 0 bridgehead atoms. The SMILES string of the molecule is COc1cc(C=c2sc3nc4ccccc4n3c2=O)cc(Cl)c1OCCCOc1ccccc1Cl. The molecule has 5 rings (SSSR count). The van der Waals surface area contributed by atoms with Crippen molar-refractivity contribution in [3.05, 3.63) is 91.2 Å². The number of fused-ring (bicyclic) bond motifs is 3. The highest BCUT2D eigenvalue weighted by molar-refractivity contribution is 7.15. The summed E-state index contributed by atoms with van der Waals surface area (Å²) in [7, 11) is 1.55. The van der Waals surface area contributed by atoms with E-state index in [4.69, 9.17) is 37.4 Å². The van der Waals surface area contributed by atoms with Crippen LogP contribution in [-0.4, -0.2) is 29.7 Å². The van der Waals surface area contributed by atoms with Gasteiger partial charge in [0.05, 0.1) is 45.9 Å². The molecule has 0 atom stereocenters. The summed E-state index contributed by atoms with van der Waals surface area (Å²) in [6.07, 6.45) is 2.41. The molecule has 2 aromatic heterocycles. The molecule has 3 aromatic carbocycles. The molecule has 9 heteroatoms. The van der Waals surface area contributed by atoms with Gasteiger partial charge < -0.3 is 14.2 Å². The number of ether oxygens (including phenoxy) is 3. The Morgan fingerprint density at radius 1 is 0.971 bits per heavy atom. The highest BCUT2D eigenvalue weighted by atomic mass is 35.5. The molecule has 0 aliphatic rings. The molecule has 0 unspecified atom stereocenters. The number of para-hydroxylation sites is 3. The minimum atomic E-state index is -0.118. The monoisotopic (exact) mass is 526 g/mol. The van der Waals surface area contributed by atoms with Gasteiger partial charge in [-0.15, -0.1) is 0 Å². The van der Waals surface area contributed by atoms with Gasteiger partial charge in [0.25, 0.3) is 5.56 Å². The number of rotatable bonds is 8. The normalized spacial score (nSPS) is 11.9. The van der Waals surface area contributed by atoms with E-state index in [9.17, 15) is 4.79 Å². The summed E-state index contributed by atoms with van der Waals surface area (Å²) in [5, 5.41) is 0.959. The lowest BCUT2D eigenvalue weighted by Crippen LogP contribution is -2.22. The van der Waals surface area contributed by atoms with E-state index in [0.717, 1.165) is 16.6 Å². The Labute approximate surface area is 214 Å². The number of aromatic nitrogens is 2. The van der Waals surface area contributed by atoms with Gasteiger partial charge in [0.2, 0.25) is 0 Å². The van der Waals surface area contributed by atoms with Crippen molar-refractivity contribution >= 4 is 56.6 Å². The van der Waals surface area contributed by atoms with Gasteiger partial charge in [0.1, 0.15) is 5.75 Å². The number of halogens is 2. The molecule has 0 amide bonds. The van der Waals surface area contributed by atoms with Crippen molar-refractivity contribution in [3.63, 3.8) is 0 Å². The number of thiazole rings is 1. The van der Waals surface area contributed by atoms with E-state index in [1.807, 2.05) is 42.5 Å². The lowest BCUT2D eigenvalue weighted by molar-refractivity contribution is 0.240. The van der Waals surface area contributed by atoms with Gasteiger partial charge in [-0.3, -0.25) is 4.79 Å². The van der Waals surface area contributed by atoms with Crippen LogP contribution in [0.1, 0.15) is 12.0 Å². The minimum absolute atomic E-state index is 0.118. The first-order chi connectivity index (χ1) is 17.0. The molecule has 6 nitrogen and oxygen atoms in total. The Morgan fingerprint density at radius 3 is 2.57 bits per heavy atom. The number of methoxy groups -OCH3 is 1. The predicted octanol–water partition coefficient (Wildman–Crippen LogP) is 5.62. The van der Waals surface area contributed by atoms with E-state index in [-0.39, 0.29) is 5.56 Å². The Bertz CT molecular complexity index is 1630. The third-order valence-corrected chi connectivity index (χ3v) is 6.89. The zero-order valence-electron chi connectivity index (χ0n) is 18.7. The highest BCUT2D eigenvalue weighted by Crippen LogP contribution is 2.36. The lowest BCUT2D eigenvalue weighted by Gasteiger charge is -2.14. The third-order valence-electron chi connectivity index (χ3n) is 5.32. The molecule has 0 aliphatic carbocycles. The van der Waals surface area contributed by atoms with Crippen LogP contribution in [0.15, 0.2) is 65.5 Å². The van der Waals surface area contributed by atoms with Crippen LogP contribution < -0.4 is 24.3 Å². The summed E-state index contributed by atoms with van der Waals surface area (Å²) in [6, 6.07) is 18.4. The molecule has 0 aliphatic heterocycles. The standard InChI is InChI=1S/C26H20Cl2N2O4S/c1-32-22-14-16(15-23-25(31)30-20-9-4-3-8-19(20)29-26(30)35-23)13-18(28)24(22)34-12-6-11-33-21-10-5-2-7-17(21)27/h2-5,7-10,13-15H,6,11-12H2,1H3. The third kappa shape index (κ3) is 4.80. The minimum Gasteiger partial charge on any atom is -0.493 e. The first kappa shape index (κ1) is 23.5. The van der Waals surface area contributed by atoms with Gasteiger partial charge in [-0.1, -0.05) is 58.8 Å². The van der Waals surface area contributed by atoms with E-state index in [1.165, 1.54) is 11.3 Å². The number of nitrogens with zero attached hydrogens (tertiary/aromatic N) is 2.